The summed E-state index contributed by atoms with van der Waals surface area (Å²) in [6, 6.07) is 13.0. The third-order valence-electron chi connectivity index (χ3n) is 3.15. The lowest BCUT2D eigenvalue weighted by atomic mass is 10.1. The quantitative estimate of drug-likeness (QED) is 0.803. The van der Waals surface area contributed by atoms with Gasteiger partial charge >= 0.3 is 0 Å². The topological polar surface area (TPSA) is 38.3 Å². The molecule has 0 spiro atoms. The van der Waals surface area contributed by atoms with Crippen molar-refractivity contribution in [1.29, 1.82) is 0 Å². The molecule has 0 atom stereocenters. The van der Waals surface area contributed by atoms with Gasteiger partial charge in [0.15, 0.2) is 6.61 Å². The Morgan fingerprint density at radius 1 is 1.32 bits per heavy atom. The molecule has 0 radical (unpaired) electrons. The first-order chi connectivity index (χ1) is 10.6. The summed E-state index contributed by atoms with van der Waals surface area (Å²) in [7, 11) is 0. The van der Waals surface area contributed by atoms with Gasteiger partial charge in [-0.15, -0.1) is 6.58 Å². The Kier molecular flexibility index (Phi) is 5.61. The molecule has 1 amide bonds. The highest BCUT2D eigenvalue weighted by molar-refractivity contribution is 6.31. The number of hydrogen-bond donors (Lipinski definition) is 1. The largest absolute Gasteiger partial charge is 0.483 e. The van der Waals surface area contributed by atoms with Gasteiger partial charge in [-0.3, -0.25) is 4.79 Å². The molecule has 0 aromatic heterocycles. The van der Waals surface area contributed by atoms with Gasteiger partial charge in [0, 0.05) is 10.7 Å². The molecule has 0 aliphatic heterocycles. The van der Waals surface area contributed by atoms with E-state index in [9.17, 15) is 4.79 Å². The van der Waals surface area contributed by atoms with Crippen molar-refractivity contribution in [2.75, 3.05) is 11.9 Å². The third kappa shape index (κ3) is 4.37. The van der Waals surface area contributed by atoms with Crippen LogP contribution in [0.25, 0.3) is 0 Å². The van der Waals surface area contributed by atoms with Gasteiger partial charge in [0.25, 0.3) is 5.91 Å². The second kappa shape index (κ2) is 7.66. The molecular weight excluding hydrogens is 298 g/mol. The van der Waals surface area contributed by atoms with Gasteiger partial charge in [-0.1, -0.05) is 41.9 Å². The number of ether oxygens (including phenoxy) is 1. The molecule has 2 aromatic carbocycles. The Morgan fingerprint density at radius 2 is 2.09 bits per heavy atom. The number of rotatable bonds is 6. The molecule has 0 fully saturated rings. The van der Waals surface area contributed by atoms with Crippen LogP contribution in [-0.2, 0) is 11.2 Å². The first-order valence-electron chi connectivity index (χ1n) is 6.97. The van der Waals surface area contributed by atoms with Gasteiger partial charge < -0.3 is 10.1 Å². The van der Waals surface area contributed by atoms with E-state index in [-0.39, 0.29) is 12.5 Å². The standard InChI is InChI=1S/C18H18ClNO2/c1-3-6-14-7-4-5-8-17(14)22-12-18(21)20-15-10-9-13(2)16(19)11-15/h3-5,7-11H,1,6,12H2,2H3,(H,20,21). The van der Waals surface area contributed by atoms with Crippen LogP contribution in [0.15, 0.2) is 55.1 Å². The molecule has 0 aliphatic rings. The van der Waals surface area contributed by atoms with Gasteiger partial charge in [0.2, 0.25) is 0 Å². The lowest BCUT2D eigenvalue weighted by Gasteiger charge is -2.11. The molecular formula is C18H18ClNO2. The van der Waals surface area contributed by atoms with Crippen LogP contribution in [-0.4, -0.2) is 12.5 Å². The predicted molar refractivity (Wildman–Crippen MR) is 90.7 cm³/mol. The number of benzene rings is 2. The molecule has 22 heavy (non-hydrogen) atoms. The van der Waals surface area contributed by atoms with Gasteiger partial charge in [-0.05, 0) is 42.7 Å². The highest BCUT2D eigenvalue weighted by Gasteiger charge is 2.07. The number of halogens is 1. The van der Waals surface area contributed by atoms with Crippen molar-refractivity contribution in [2.24, 2.45) is 0 Å². The second-order valence-corrected chi connectivity index (χ2v) is 5.31. The summed E-state index contributed by atoms with van der Waals surface area (Å²) in [5.74, 6) is 0.466. The summed E-state index contributed by atoms with van der Waals surface area (Å²) in [5, 5.41) is 3.38. The van der Waals surface area contributed by atoms with Crippen LogP contribution in [0, 0.1) is 6.92 Å². The van der Waals surface area contributed by atoms with Crippen LogP contribution in [0.3, 0.4) is 0 Å². The van der Waals surface area contributed by atoms with Crippen molar-refractivity contribution in [3.8, 4) is 5.75 Å². The number of nitrogens with one attached hydrogen (secondary N) is 1. The van der Waals surface area contributed by atoms with Gasteiger partial charge in [0.05, 0.1) is 0 Å². The molecule has 4 heteroatoms. The number of para-hydroxylation sites is 1. The number of hydrogen-bond acceptors (Lipinski definition) is 2. The van der Waals surface area contributed by atoms with Crippen molar-refractivity contribution in [2.45, 2.75) is 13.3 Å². The lowest BCUT2D eigenvalue weighted by Crippen LogP contribution is -2.20. The Hall–Kier alpha value is -2.26. The van der Waals surface area contributed by atoms with E-state index in [2.05, 4.69) is 11.9 Å². The number of carbonyl (C=O) groups is 1. The summed E-state index contributed by atoms with van der Waals surface area (Å²) < 4.78 is 5.58. The number of aryl methyl sites for hydroxylation is 1. The van der Waals surface area contributed by atoms with Crippen molar-refractivity contribution >= 4 is 23.2 Å². The predicted octanol–water partition coefficient (Wildman–Crippen LogP) is 4.39. The van der Waals surface area contributed by atoms with Crippen LogP contribution in [0.1, 0.15) is 11.1 Å². The summed E-state index contributed by atoms with van der Waals surface area (Å²) in [6.45, 7) is 5.57. The second-order valence-electron chi connectivity index (χ2n) is 4.90. The molecule has 1 N–H and O–H groups in total. The van der Waals surface area contributed by atoms with E-state index in [0.29, 0.717) is 22.9 Å². The van der Waals surface area contributed by atoms with Gasteiger partial charge in [0.1, 0.15) is 5.75 Å². The summed E-state index contributed by atoms with van der Waals surface area (Å²) in [6.07, 6.45) is 2.50. The van der Waals surface area contributed by atoms with Crippen LogP contribution in [0.4, 0.5) is 5.69 Å². The van der Waals surface area contributed by atoms with E-state index in [1.807, 2.05) is 43.3 Å². The molecule has 0 unspecified atom stereocenters. The smallest absolute Gasteiger partial charge is 0.262 e. The fourth-order valence-electron chi connectivity index (χ4n) is 1.98. The Balaban J connectivity index is 1.95. The zero-order valence-electron chi connectivity index (χ0n) is 12.4. The van der Waals surface area contributed by atoms with E-state index in [1.54, 1.807) is 12.1 Å². The van der Waals surface area contributed by atoms with Crippen LogP contribution < -0.4 is 10.1 Å². The first kappa shape index (κ1) is 16.1. The van der Waals surface area contributed by atoms with E-state index in [0.717, 1.165) is 11.1 Å². The summed E-state index contributed by atoms with van der Waals surface area (Å²) in [4.78, 5) is 12.0. The fraction of sp³-hybridized carbons (Fsp3) is 0.167. The van der Waals surface area contributed by atoms with E-state index in [4.69, 9.17) is 16.3 Å². The zero-order chi connectivity index (χ0) is 15.9. The van der Waals surface area contributed by atoms with Crippen molar-refractivity contribution in [1.82, 2.24) is 0 Å². The minimum Gasteiger partial charge on any atom is -0.483 e. The van der Waals surface area contributed by atoms with Crippen LogP contribution >= 0.6 is 11.6 Å². The SMILES string of the molecule is C=CCc1ccccc1OCC(=O)Nc1ccc(C)c(Cl)c1. The van der Waals surface area contributed by atoms with E-state index < -0.39 is 0 Å². The first-order valence-corrected chi connectivity index (χ1v) is 7.35. The van der Waals surface area contributed by atoms with Crippen molar-refractivity contribution in [3.05, 3.63) is 71.3 Å². The number of amides is 1. The highest BCUT2D eigenvalue weighted by Crippen LogP contribution is 2.21. The van der Waals surface area contributed by atoms with Crippen LogP contribution in [0.5, 0.6) is 5.75 Å². The van der Waals surface area contributed by atoms with Crippen molar-refractivity contribution in [3.63, 3.8) is 0 Å². The molecule has 0 heterocycles. The number of anilines is 1. The van der Waals surface area contributed by atoms with E-state index in [1.165, 1.54) is 0 Å². The van der Waals surface area contributed by atoms with Crippen LogP contribution in [0.2, 0.25) is 5.02 Å². The minimum absolute atomic E-state index is 0.0559. The Labute approximate surface area is 135 Å². The molecule has 0 bridgehead atoms. The molecule has 0 saturated heterocycles. The van der Waals surface area contributed by atoms with Crippen molar-refractivity contribution < 1.29 is 9.53 Å². The normalized spacial score (nSPS) is 10.1. The minimum atomic E-state index is -0.228. The van der Waals surface area contributed by atoms with Gasteiger partial charge in [-0.25, -0.2) is 0 Å². The Morgan fingerprint density at radius 3 is 2.82 bits per heavy atom. The maximum atomic E-state index is 12.0. The maximum Gasteiger partial charge on any atom is 0.262 e. The molecule has 0 aliphatic carbocycles. The summed E-state index contributed by atoms with van der Waals surface area (Å²) >= 11 is 6.03. The monoisotopic (exact) mass is 315 g/mol. The number of allylic oxidation sites excluding steroid dienone is 1. The molecule has 2 rings (SSSR count). The maximum absolute atomic E-state index is 12.0. The molecule has 0 saturated carbocycles. The number of carbonyl (C=O) groups excluding carboxylic acids is 1. The Bertz CT molecular complexity index is 683. The fourth-order valence-corrected chi connectivity index (χ4v) is 2.16. The molecule has 114 valence electrons. The molecule has 2 aromatic rings. The third-order valence-corrected chi connectivity index (χ3v) is 3.56. The highest BCUT2D eigenvalue weighted by atomic mass is 35.5. The average molecular weight is 316 g/mol. The van der Waals surface area contributed by atoms with Gasteiger partial charge in [-0.2, -0.15) is 0 Å². The van der Waals surface area contributed by atoms with E-state index >= 15 is 0 Å². The molecule has 3 nitrogen and oxygen atoms in total. The lowest BCUT2D eigenvalue weighted by molar-refractivity contribution is -0.118. The average Bonchev–Trinajstić information content (AvgIpc) is 2.50. The zero-order valence-corrected chi connectivity index (χ0v) is 13.2. The summed E-state index contributed by atoms with van der Waals surface area (Å²) in [5.41, 5.74) is 2.63.